The summed E-state index contributed by atoms with van der Waals surface area (Å²) in [6.45, 7) is 7.27. The van der Waals surface area contributed by atoms with E-state index in [-0.39, 0.29) is 34.9 Å². The Morgan fingerprint density at radius 1 is 1.07 bits per heavy atom. The van der Waals surface area contributed by atoms with Gasteiger partial charge in [0.25, 0.3) is 11.8 Å². The van der Waals surface area contributed by atoms with E-state index in [2.05, 4.69) is 31.4 Å². The molecule has 3 aromatic rings. The first-order chi connectivity index (χ1) is 19.1. The number of carbonyl (C=O) groups excluding carboxylic acids is 4. The van der Waals surface area contributed by atoms with E-state index in [0.717, 1.165) is 5.56 Å². The van der Waals surface area contributed by atoms with Crippen LogP contribution in [0.4, 0.5) is 0 Å². The van der Waals surface area contributed by atoms with Crippen molar-refractivity contribution in [2.45, 2.75) is 65.1 Å². The molecule has 4 amide bonds. The second kappa shape index (κ2) is 12.6. The van der Waals surface area contributed by atoms with Crippen molar-refractivity contribution >= 4 is 23.6 Å². The van der Waals surface area contributed by atoms with E-state index in [1.54, 1.807) is 13.8 Å². The van der Waals surface area contributed by atoms with Gasteiger partial charge in [0.1, 0.15) is 23.9 Å². The number of nitrogens with one attached hydrogen (secondary N) is 4. The van der Waals surface area contributed by atoms with Crippen LogP contribution in [0.2, 0.25) is 0 Å². The molecule has 1 aliphatic heterocycles. The Morgan fingerprint density at radius 2 is 1.82 bits per heavy atom. The first-order valence-electron chi connectivity index (χ1n) is 13.3. The van der Waals surface area contributed by atoms with Gasteiger partial charge in [0.05, 0.1) is 0 Å². The average molecular weight is 551 g/mol. The van der Waals surface area contributed by atoms with Gasteiger partial charge in [-0.05, 0) is 39.0 Å². The number of aryl methyl sites for hydroxylation is 1. The number of rotatable bonds is 4. The van der Waals surface area contributed by atoms with Crippen molar-refractivity contribution in [2.75, 3.05) is 6.54 Å². The average Bonchev–Trinajstić information content (AvgIpc) is 3.57. The van der Waals surface area contributed by atoms with Crippen molar-refractivity contribution < 1.29 is 28.1 Å². The van der Waals surface area contributed by atoms with Crippen LogP contribution in [0.5, 0.6) is 0 Å². The minimum Gasteiger partial charge on any atom is -0.443 e. The number of nitrogens with zero attached hydrogens (tertiary/aromatic N) is 2. The zero-order chi connectivity index (χ0) is 28.8. The van der Waals surface area contributed by atoms with Crippen molar-refractivity contribution in [3.05, 3.63) is 59.4 Å². The number of hydrogen-bond acceptors (Lipinski definition) is 8. The summed E-state index contributed by atoms with van der Waals surface area (Å²) in [7, 11) is 0. The van der Waals surface area contributed by atoms with Gasteiger partial charge < -0.3 is 30.2 Å². The Hall–Kier alpha value is -4.48. The molecule has 0 spiro atoms. The number of carbonyl (C=O) groups is 4. The minimum absolute atomic E-state index is 0.0340. The number of amides is 4. The number of benzene rings is 1. The highest BCUT2D eigenvalue weighted by Gasteiger charge is 2.31. The van der Waals surface area contributed by atoms with Crippen LogP contribution in [0.15, 0.2) is 45.3 Å². The molecular formula is C28H34N6O6. The molecular weight excluding hydrogens is 516 g/mol. The molecule has 3 atom stereocenters. The predicted molar refractivity (Wildman–Crippen MR) is 144 cm³/mol. The van der Waals surface area contributed by atoms with Crippen LogP contribution in [0.25, 0.3) is 11.3 Å². The Kier molecular flexibility index (Phi) is 8.97. The molecule has 0 saturated heterocycles. The van der Waals surface area contributed by atoms with Gasteiger partial charge in [0.2, 0.25) is 17.7 Å². The van der Waals surface area contributed by atoms with Gasteiger partial charge >= 0.3 is 0 Å². The van der Waals surface area contributed by atoms with Gasteiger partial charge in [-0.15, -0.1) is 0 Å². The fraction of sp³-hybridized carbons (Fsp3) is 0.429. The summed E-state index contributed by atoms with van der Waals surface area (Å²) in [5, 5.41) is 15.0. The van der Waals surface area contributed by atoms with Crippen molar-refractivity contribution in [1.82, 2.24) is 31.4 Å². The summed E-state index contributed by atoms with van der Waals surface area (Å²) < 4.78 is 11.1. The van der Waals surface area contributed by atoms with Gasteiger partial charge in [0, 0.05) is 18.2 Å². The monoisotopic (exact) mass is 550 g/mol. The fourth-order valence-corrected chi connectivity index (χ4v) is 4.32. The zero-order valence-electron chi connectivity index (χ0n) is 22.9. The van der Waals surface area contributed by atoms with E-state index in [4.69, 9.17) is 8.94 Å². The maximum Gasteiger partial charge on any atom is 0.274 e. The topological polar surface area (TPSA) is 168 Å². The second-order valence-electron chi connectivity index (χ2n) is 10.1. The second-order valence-corrected chi connectivity index (χ2v) is 10.1. The van der Waals surface area contributed by atoms with E-state index < -0.39 is 35.8 Å². The maximum absolute atomic E-state index is 13.5. The highest BCUT2D eigenvalue weighted by Crippen LogP contribution is 2.24. The molecule has 2 bridgehead atoms. The molecule has 2 aromatic heterocycles. The third kappa shape index (κ3) is 6.74. The zero-order valence-corrected chi connectivity index (χ0v) is 22.9. The lowest BCUT2D eigenvalue weighted by atomic mass is 10.0. The Labute approximate surface area is 231 Å². The van der Waals surface area contributed by atoms with E-state index in [0.29, 0.717) is 31.6 Å². The molecule has 0 saturated carbocycles. The van der Waals surface area contributed by atoms with Gasteiger partial charge in [0.15, 0.2) is 17.1 Å². The lowest BCUT2D eigenvalue weighted by molar-refractivity contribution is -0.124. The van der Waals surface area contributed by atoms with Crippen LogP contribution in [0, 0.1) is 12.8 Å². The number of aromatic nitrogens is 2. The van der Waals surface area contributed by atoms with Crippen molar-refractivity contribution in [3.8, 4) is 11.3 Å². The van der Waals surface area contributed by atoms with Crippen LogP contribution < -0.4 is 21.3 Å². The summed E-state index contributed by atoms with van der Waals surface area (Å²) in [5.41, 5.74) is 0.841. The Bertz CT molecular complexity index is 1360. The summed E-state index contributed by atoms with van der Waals surface area (Å²) in [5.74, 6) is -1.20. The highest BCUT2D eigenvalue weighted by molar-refractivity contribution is 5.97. The molecule has 12 nitrogen and oxygen atoms in total. The first kappa shape index (κ1) is 28.5. The van der Waals surface area contributed by atoms with Crippen LogP contribution in [-0.4, -0.2) is 52.4 Å². The molecule has 3 heterocycles. The quantitative estimate of drug-likeness (QED) is 0.384. The minimum atomic E-state index is -0.910. The van der Waals surface area contributed by atoms with E-state index in [1.165, 1.54) is 6.07 Å². The Morgan fingerprint density at radius 3 is 2.55 bits per heavy atom. The van der Waals surface area contributed by atoms with E-state index in [9.17, 15) is 19.2 Å². The van der Waals surface area contributed by atoms with E-state index in [1.807, 2.05) is 44.2 Å². The van der Waals surface area contributed by atoms with Crippen molar-refractivity contribution in [3.63, 3.8) is 0 Å². The maximum atomic E-state index is 13.5. The summed E-state index contributed by atoms with van der Waals surface area (Å²) in [4.78, 5) is 56.2. The summed E-state index contributed by atoms with van der Waals surface area (Å²) in [6, 6.07) is 8.40. The number of fused-ring (bicyclic) bond motifs is 2. The summed E-state index contributed by atoms with van der Waals surface area (Å²) in [6.07, 6.45) is 1.40. The normalized spacial score (nSPS) is 20.9. The highest BCUT2D eigenvalue weighted by atomic mass is 16.5. The first-order valence-corrected chi connectivity index (χ1v) is 13.3. The molecule has 1 aliphatic rings. The third-order valence-corrected chi connectivity index (χ3v) is 6.64. The van der Waals surface area contributed by atoms with Gasteiger partial charge in [-0.2, -0.15) is 0 Å². The number of oxazole rings is 1. The molecule has 1 aromatic carbocycles. The van der Waals surface area contributed by atoms with E-state index >= 15 is 0 Å². The lowest BCUT2D eigenvalue weighted by Crippen LogP contribution is -2.48. The van der Waals surface area contributed by atoms with Crippen LogP contribution in [0.3, 0.4) is 0 Å². The van der Waals surface area contributed by atoms with Crippen LogP contribution in [-0.2, 0) is 9.59 Å². The standard InChI is InChI=1S/C28H34N6O6/c1-15(2)22-28-33-23(17(4)39-28)27(38)30-16(3)24(35)29-13-9-8-12-19(25(36)32-22)31-26(37)20-14-21(40-34-20)18-10-6-5-7-11-18/h5-7,10-11,14-16,19,22H,8-9,12-13H2,1-4H3,(H,29,35)(H,30,38)(H,31,37)(H,32,36)/t16-,19+,22+/m1/s1. The Balaban J connectivity index is 1.57. The van der Waals surface area contributed by atoms with Crippen LogP contribution in [0.1, 0.15) is 78.7 Å². The SMILES string of the molecule is Cc1oc2nc1C(=O)N[C@H](C)C(=O)NCCCC[C@H](NC(=O)c1cc(-c3ccccc3)on1)C(=O)N[C@H]2C(C)C. The molecule has 0 unspecified atom stereocenters. The molecule has 0 aliphatic carbocycles. The molecule has 212 valence electrons. The largest absolute Gasteiger partial charge is 0.443 e. The van der Waals surface area contributed by atoms with Crippen molar-refractivity contribution in [2.24, 2.45) is 5.92 Å². The number of hydrogen-bond donors (Lipinski definition) is 4. The molecule has 4 rings (SSSR count). The fourth-order valence-electron chi connectivity index (χ4n) is 4.32. The lowest BCUT2D eigenvalue weighted by Gasteiger charge is -2.24. The van der Waals surface area contributed by atoms with Gasteiger partial charge in [-0.1, -0.05) is 49.3 Å². The molecule has 4 N–H and O–H groups in total. The van der Waals surface area contributed by atoms with Gasteiger partial charge in [-0.3, -0.25) is 19.2 Å². The van der Waals surface area contributed by atoms with Crippen molar-refractivity contribution in [1.29, 1.82) is 0 Å². The third-order valence-electron chi connectivity index (χ3n) is 6.64. The molecule has 12 heteroatoms. The molecule has 0 radical (unpaired) electrons. The van der Waals surface area contributed by atoms with Crippen LogP contribution >= 0.6 is 0 Å². The van der Waals surface area contributed by atoms with Gasteiger partial charge in [-0.25, -0.2) is 4.98 Å². The predicted octanol–water partition coefficient (Wildman–Crippen LogP) is 2.67. The molecule has 0 fully saturated rings. The smallest absolute Gasteiger partial charge is 0.274 e. The summed E-state index contributed by atoms with van der Waals surface area (Å²) >= 11 is 0. The molecule has 40 heavy (non-hydrogen) atoms.